The Bertz CT molecular complexity index is 560. The van der Waals surface area contributed by atoms with E-state index in [4.69, 9.17) is 11.6 Å². The fourth-order valence-electron chi connectivity index (χ4n) is 4.28. The Balaban J connectivity index is 1.53. The summed E-state index contributed by atoms with van der Waals surface area (Å²) in [6.07, 6.45) is 7.09. The zero-order valence-electron chi connectivity index (χ0n) is 12.1. The van der Waals surface area contributed by atoms with Crippen molar-refractivity contribution in [2.24, 2.45) is 5.92 Å². The molecule has 3 aliphatic rings. The number of anilines is 1. The molecule has 0 bridgehead atoms. The zero-order valence-corrected chi connectivity index (χ0v) is 12.9. The minimum atomic E-state index is 0.00281. The molecule has 3 unspecified atom stereocenters. The van der Waals surface area contributed by atoms with Crippen molar-refractivity contribution in [3.05, 3.63) is 28.8 Å². The van der Waals surface area contributed by atoms with Crippen LogP contribution in [0.3, 0.4) is 0 Å². The van der Waals surface area contributed by atoms with E-state index in [2.05, 4.69) is 5.32 Å². The molecule has 3 atom stereocenters. The van der Waals surface area contributed by atoms with E-state index < -0.39 is 0 Å². The van der Waals surface area contributed by atoms with E-state index in [1.54, 1.807) is 0 Å². The maximum Gasteiger partial charge on any atom is 0.244 e. The molecule has 0 spiro atoms. The average molecular weight is 305 g/mol. The van der Waals surface area contributed by atoms with E-state index in [1.807, 2.05) is 23.1 Å². The summed E-state index contributed by atoms with van der Waals surface area (Å²) in [6.45, 7) is 0.794. The van der Waals surface area contributed by atoms with E-state index >= 15 is 0 Å². The molecule has 2 heterocycles. The third-order valence-electron chi connectivity index (χ3n) is 5.37. The van der Waals surface area contributed by atoms with Gasteiger partial charge in [0.05, 0.1) is 6.04 Å². The molecule has 2 aliphatic heterocycles. The van der Waals surface area contributed by atoms with Crippen molar-refractivity contribution in [2.45, 2.75) is 50.6 Å². The van der Waals surface area contributed by atoms with Gasteiger partial charge in [-0.25, -0.2) is 0 Å². The summed E-state index contributed by atoms with van der Waals surface area (Å²) in [5.41, 5.74) is 2.26. The Labute approximate surface area is 130 Å². The summed E-state index contributed by atoms with van der Waals surface area (Å²) in [7, 11) is 0. The van der Waals surface area contributed by atoms with Crippen LogP contribution in [-0.4, -0.2) is 24.5 Å². The van der Waals surface area contributed by atoms with Crippen LogP contribution in [0.15, 0.2) is 18.2 Å². The van der Waals surface area contributed by atoms with Crippen molar-refractivity contribution < 1.29 is 4.79 Å². The van der Waals surface area contributed by atoms with Crippen LogP contribution in [0.25, 0.3) is 0 Å². The minimum absolute atomic E-state index is 0.00281. The molecule has 2 fully saturated rings. The molecule has 1 N–H and O–H groups in total. The molecule has 4 heteroatoms. The molecule has 1 saturated carbocycles. The number of halogens is 1. The highest BCUT2D eigenvalue weighted by atomic mass is 35.5. The van der Waals surface area contributed by atoms with E-state index in [0.717, 1.165) is 25.1 Å². The number of carbonyl (C=O) groups is 1. The second-order valence-electron chi connectivity index (χ2n) is 6.62. The van der Waals surface area contributed by atoms with Crippen molar-refractivity contribution in [2.75, 3.05) is 11.4 Å². The largest absolute Gasteiger partial charge is 0.310 e. The van der Waals surface area contributed by atoms with Gasteiger partial charge in [0.1, 0.15) is 0 Å². The molecule has 1 saturated heterocycles. The average Bonchev–Trinajstić information content (AvgIpc) is 3.09. The van der Waals surface area contributed by atoms with Gasteiger partial charge in [-0.05, 0) is 49.3 Å². The van der Waals surface area contributed by atoms with Gasteiger partial charge in [-0.15, -0.1) is 0 Å². The van der Waals surface area contributed by atoms with Crippen LogP contribution >= 0.6 is 11.6 Å². The Hall–Kier alpha value is -1.06. The lowest BCUT2D eigenvalue weighted by Crippen LogP contribution is -2.45. The lowest BCUT2D eigenvalue weighted by molar-refractivity contribution is -0.120. The Morgan fingerprint density at radius 2 is 2.14 bits per heavy atom. The van der Waals surface area contributed by atoms with Crippen LogP contribution in [0.5, 0.6) is 0 Å². The van der Waals surface area contributed by atoms with Crippen LogP contribution in [0, 0.1) is 5.92 Å². The molecular formula is C17H21ClN2O. The summed E-state index contributed by atoms with van der Waals surface area (Å²) in [6, 6.07) is 6.46. The summed E-state index contributed by atoms with van der Waals surface area (Å²) >= 11 is 6.10. The molecule has 4 rings (SSSR count). The first-order valence-electron chi connectivity index (χ1n) is 8.08. The van der Waals surface area contributed by atoms with Crippen LogP contribution in [-0.2, 0) is 11.2 Å². The second kappa shape index (κ2) is 5.29. The summed E-state index contributed by atoms with van der Waals surface area (Å²) in [5.74, 6) is 0.944. The van der Waals surface area contributed by atoms with Gasteiger partial charge < -0.3 is 10.2 Å². The fourth-order valence-corrected chi connectivity index (χ4v) is 4.45. The number of nitrogens with one attached hydrogen (secondary N) is 1. The molecule has 0 aromatic heterocycles. The van der Waals surface area contributed by atoms with Crippen LogP contribution in [0.4, 0.5) is 5.69 Å². The number of nitrogens with zero attached hydrogens (tertiary/aromatic N) is 1. The summed E-state index contributed by atoms with van der Waals surface area (Å²) < 4.78 is 0. The smallest absolute Gasteiger partial charge is 0.244 e. The van der Waals surface area contributed by atoms with Crippen LogP contribution < -0.4 is 10.2 Å². The van der Waals surface area contributed by atoms with Crippen molar-refractivity contribution in [1.82, 2.24) is 5.32 Å². The topological polar surface area (TPSA) is 32.3 Å². The van der Waals surface area contributed by atoms with Gasteiger partial charge in [0.25, 0.3) is 0 Å². The van der Waals surface area contributed by atoms with Gasteiger partial charge in [-0.2, -0.15) is 0 Å². The van der Waals surface area contributed by atoms with Crippen molar-refractivity contribution >= 4 is 23.2 Å². The highest BCUT2D eigenvalue weighted by molar-refractivity contribution is 6.31. The second-order valence-corrected chi connectivity index (χ2v) is 7.06. The number of amides is 1. The summed E-state index contributed by atoms with van der Waals surface area (Å²) in [5, 5.41) is 4.30. The number of hydrogen-bond acceptors (Lipinski definition) is 2. The van der Waals surface area contributed by atoms with Crippen molar-refractivity contribution in [3.8, 4) is 0 Å². The molecular weight excluding hydrogens is 284 g/mol. The van der Waals surface area contributed by atoms with E-state index in [9.17, 15) is 4.79 Å². The van der Waals surface area contributed by atoms with E-state index in [1.165, 1.54) is 31.2 Å². The Morgan fingerprint density at radius 1 is 1.29 bits per heavy atom. The minimum Gasteiger partial charge on any atom is -0.310 e. The first-order chi connectivity index (χ1) is 10.2. The highest BCUT2D eigenvalue weighted by Gasteiger charge is 2.40. The molecule has 1 aromatic carbocycles. The van der Waals surface area contributed by atoms with Gasteiger partial charge in [-0.1, -0.05) is 30.5 Å². The standard InChI is InChI=1S/C17H21ClN2O/c18-13-6-5-11-7-8-20(16(11)10-13)17(21)15-9-12-3-1-2-4-14(12)19-15/h5-6,10,12,14-15,19H,1-4,7-9H2. The first-order valence-corrected chi connectivity index (χ1v) is 8.46. The summed E-state index contributed by atoms with van der Waals surface area (Å²) in [4.78, 5) is 14.8. The van der Waals surface area contributed by atoms with Gasteiger partial charge in [0.2, 0.25) is 5.91 Å². The molecule has 1 aliphatic carbocycles. The van der Waals surface area contributed by atoms with Gasteiger partial charge >= 0.3 is 0 Å². The molecule has 1 aromatic rings. The van der Waals surface area contributed by atoms with E-state index in [0.29, 0.717) is 17.0 Å². The van der Waals surface area contributed by atoms with E-state index in [-0.39, 0.29) is 11.9 Å². The van der Waals surface area contributed by atoms with Gasteiger partial charge in [0, 0.05) is 23.3 Å². The SMILES string of the molecule is O=C(C1CC2CCCCC2N1)N1CCc2ccc(Cl)cc21. The van der Waals surface area contributed by atoms with Gasteiger partial charge in [0.15, 0.2) is 0 Å². The Kier molecular flexibility index (Phi) is 3.43. The first kappa shape index (κ1) is 13.6. The quantitative estimate of drug-likeness (QED) is 0.864. The monoisotopic (exact) mass is 304 g/mol. The molecule has 0 radical (unpaired) electrons. The maximum atomic E-state index is 12.9. The number of fused-ring (bicyclic) bond motifs is 2. The molecule has 21 heavy (non-hydrogen) atoms. The highest BCUT2D eigenvalue weighted by Crippen LogP contribution is 2.36. The predicted molar refractivity (Wildman–Crippen MR) is 84.8 cm³/mol. The third kappa shape index (κ3) is 2.36. The number of carbonyl (C=O) groups excluding carboxylic acids is 1. The van der Waals surface area contributed by atoms with Crippen LogP contribution in [0.2, 0.25) is 5.02 Å². The normalized spacial score (nSPS) is 31.1. The third-order valence-corrected chi connectivity index (χ3v) is 5.60. The Morgan fingerprint density at radius 3 is 3.00 bits per heavy atom. The van der Waals surface area contributed by atoms with Crippen molar-refractivity contribution in [1.29, 1.82) is 0 Å². The zero-order chi connectivity index (χ0) is 14.4. The molecule has 1 amide bonds. The molecule has 112 valence electrons. The van der Waals surface area contributed by atoms with Crippen molar-refractivity contribution in [3.63, 3.8) is 0 Å². The number of rotatable bonds is 1. The lowest BCUT2D eigenvalue weighted by Gasteiger charge is -2.24. The fraction of sp³-hybridized carbons (Fsp3) is 0.588. The van der Waals surface area contributed by atoms with Gasteiger partial charge in [-0.3, -0.25) is 4.79 Å². The van der Waals surface area contributed by atoms with Crippen LogP contribution in [0.1, 0.15) is 37.7 Å². The predicted octanol–water partition coefficient (Wildman–Crippen LogP) is 3.15. The lowest BCUT2D eigenvalue weighted by atomic mass is 9.85. The number of benzene rings is 1. The maximum absolute atomic E-state index is 12.9. The number of hydrogen-bond donors (Lipinski definition) is 1. The molecule has 3 nitrogen and oxygen atoms in total.